The summed E-state index contributed by atoms with van der Waals surface area (Å²) in [6.07, 6.45) is 1.38. The van der Waals surface area contributed by atoms with Gasteiger partial charge >= 0.3 is 0 Å². The average molecular weight is 555 g/mol. The Labute approximate surface area is 233 Å². The van der Waals surface area contributed by atoms with Gasteiger partial charge in [0.2, 0.25) is 0 Å². The van der Waals surface area contributed by atoms with E-state index in [4.69, 9.17) is 9.47 Å². The van der Waals surface area contributed by atoms with Crippen molar-refractivity contribution in [2.75, 3.05) is 12.4 Å². The van der Waals surface area contributed by atoms with Crippen LogP contribution in [0, 0.1) is 11.6 Å². The summed E-state index contributed by atoms with van der Waals surface area (Å²) in [4.78, 5) is 26.2. The van der Waals surface area contributed by atoms with Crippen LogP contribution in [0.2, 0.25) is 0 Å². The predicted octanol–water partition coefficient (Wildman–Crippen LogP) is 5.99. The molecule has 0 unspecified atom stereocenters. The molecule has 0 aliphatic carbocycles. The van der Waals surface area contributed by atoms with Gasteiger partial charge in [0.15, 0.2) is 11.4 Å². The highest BCUT2D eigenvalue weighted by Gasteiger charge is 2.16. The summed E-state index contributed by atoms with van der Waals surface area (Å²) in [6.45, 7) is 0.241. The SMILES string of the molecule is COc1ccc(Oc2cnn(-c3ccc(F)cc3)c(=O)c2Nc2ccc(C(=O)NCc3ccc(F)cc3)cc2)cc1. The Bertz CT molecular complexity index is 1700. The Morgan fingerprint density at radius 2 is 1.44 bits per heavy atom. The molecule has 1 aromatic heterocycles. The van der Waals surface area contributed by atoms with Crippen LogP contribution in [0.1, 0.15) is 15.9 Å². The van der Waals surface area contributed by atoms with Crippen molar-refractivity contribution in [2.24, 2.45) is 0 Å². The molecule has 5 rings (SSSR count). The molecule has 0 atom stereocenters. The minimum Gasteiger partial charge on any atom is -0.497 e. The fraction of sp³-hybridized carbons (Fsp3) is 0.0645. The molecule has 0 spiro atoms. The third-order valence-electron chi connectivity index (χ3n) is 6.08. The molecule has 1 heterocycles. The van der Waals surface area contributed by atoms with E-state index in [1.54, 1.807) is 67.8 Å². The number of carbonyl (C=O) groups is 1. The first-order valence-corrected chi connectivity index (χ1v) is 12.5. The van der Waals surface area contributed by atoms with E-state index in [1.165, 1.54) is 42.6 Å². The summed E-state index contributed by atoms with van der Waals surface area (Å²) in [5.74, 6) is 0.137. The molecule has 8 nitrogen and oxygen atoms in total. The minimum atomic E-state index is -0.538. The van der Waals surface area contributed by atoms with Crippen molar-refractivity contribution in [3.05, 3.63) is 136 Å². The Balaban J connectivity index is 1.39. The van der Waals surface area contributed by atoms with E-state index in [-0.39, 0.29) is 29.7 Å². The van der Waals surface area contributed by atoms with Gasteiger partial charge in [0.25, 0.3) is 11.5 Å². The highest BCUT2D eigenvalue weighted by Crippen LogP contribution is 2.30. The Hall–Kier alpha value is -5.51. The lowest BCUT2D eigenvalue weighted by molar-refractivity contribution is 0.0951. The molecule has 0 aliphatic heterocycles. The number of rotatable bonds is 9. The Morgan fingerprint density at radius 1 is 0.829 bits per heavy atom. The summed E-state index contributed by atoms with van der Waals surface area (Å²) < 4.78 is 38.9. The van der Waals surface area contributed by atoms with Gasteiger partial charge in [0.05, 0.1) is 19.0 Å². The van der Waals surface area contributed by atoms with Crippen molar-refractivity contribution in [2.45, 2.75) is 6.54 Å². The number of anilines is 2. The monoisotopic (exact) mass is 554 g/mol. The van der Waals surface area contributed by atoms with Crippen LogP contribution in [-0.4, -0.2) is 22.8 Å². The Morgan fingerprint density at radius 3 is 2.07 bits per heavy atom. The fourth-order valence-corrected chi connectivity index (χ4v) is 3.90. The zero-order chi connectivity index (χ0) is 28.8. The zero-order valence-corrected chi connectivity index (χ0v) is 21.8. The maximum atomic E-state index is 13.5. The molecule has 5 aromatic rings. The van der Waals surface area contributed by atoms with Crippen LogP contribution in [0.5, 0.6) is 17.2 Å². The third kappa shape index (κ3) is 6.56. The van der Waals surface area contributed by atoms with Crippen LogP contribution in [0.15, 0.2) is 108 Å². The lowest BCUT2D eigenvalue weighted by atomic mass is 10.1. The number of methoxy groups -OCH3 is 1. The lowest BCUT2D eigenvalue weighted by Crippen LogP contribution is -2.24. The molecule has 0 saturated carbocycles. The van der Waals surface area contributed by atoms with Gasteiger partial charge in [-0.1, -0.05) is 12.1 Å². The number of hydrogen-bond donors (Lipinski definition) is 2. The number of amides is 1. The number of nitrogens with one attached hydrogen (secondary N) is 2. The van der Waals surface area contributed by atoms with Crippen LogP contribution in [0.3, 0.4) is 0 Å². The van der Waals surface area contributed by atoms with Crippen molar-refractivity contribution in [3.8, 4) is 22.9 Å². The van der Waals surface area contributed by atoms with Crippen molar-refractivity contribution >= 4 is 17.3 Å². The number of benzene rings is 4. The zero-order valence-electron chi connectivity index (χ0n) is 21.8. The highest BCUT2D eigenvalue weighted by atomic mass is 19.1. The summed E-state index contributed by atoms with van der Waals surface area (Å²) in [5, 5.41) is 10.1. The van der Waals surface area contributed by atoms with E-state index >= 15 is 0 Å². The van der Waals surface area contributed by atoms with E-state index in [2.05, 4.69) is 15.7 Å². The molecule has 4 aromatic carbocycles. The molecule has 0 bridgehead atoms. The van der Waals surface area contributed by atoms with Gasteiger partial charge in [0, 0.05) is 17.8 Å². The normalized spacial score (nSPS) is 10.6. The molecule has 10 heteroatoms. The minimum absolute atomic E-state index is 0.0775. The standard InChI is InChI=1S/C31H24F2N4O4/c1-40-26-14-16-27(17-15-26)41-28-19-35-37(25-12-8-23(33)9-13-25)31(39)29(28)36-24-10-4-21(5-11-24)30(38)34-18-20-2-6-22(32)7-3-20/h2-17,19,36H,18H2,1H3,(H,34,38). The van der Waals surface area contributed by atoms with Gasteiger partial charge in [-0.05, 0) is 90.5 Å². The van der Waals surface area contributed by atoms with Gasteiger partial charge in [0.1, 0.15) is 23.1 Å². The fourth-order valence-electron chi connectivity index (χ4n) is 3.90. The quantitative estimate of drug-likeness (QED) is 0.233. The second-order valence-electron chi connectivity index (χ2n) is 8.87. The molecule has 0 aliphatic rings. The van der Waals surface area contributed by atoms with Crippen molar-refractivity contribution in [3.63, 3.8) is 0 Å². The third-order valence-corrected chi connectivity index (χ3v) is 6.08. The molecule has 1 amide bonds. The first-order valence-electron chi connectivity index (χ1n) is 12.5. The molecular formula is C31H24F2N4O4. The molecule has 0 radical (unpaired) electrons. The van der Waals surface area contributed by atoms with E-state index in [0.717, 1.165) is 10.2 Å². The van der Waals surface area contributed by atoms with Crippen LogP contribution in [0.4, 0.5) is 20.2 Å². The van der Waals surface area contributed by atoms with Crippen LogP contribution in [0.25, 0.3) is 5.69 Å². The lowest BCUT2D eigenvalue weighted by Gasteiger charge is -2.15. The van der Waals surface area contributed by atoms with Crippen LogP contribution >= 0.6 is 0 Å². The molecule has 2 N–H and O–H groups in total. The number of halogens is 2. The second kappa shape index (κ2) is 12.1. The van der Waals surface area contributed by atoms with Crippen LogP contribution in [-0.2, 0) is 6.54 Å². The first-order chi connectivity index (χ1) is 19.9. The topological polar surface area (TPSA) is 94.5 Å². The van der Waals surface area contributed by atoms with E-state index < -0.39 is 11.4 Å². The summed E-state index contributed by atoms with van der Waals surface area (Å²) in [6, 6.07) is 24.5. The first kappa shape index (κ1) is 27.1. The maximum Gasteiger partial charge on any atom is 0.299 e. The van der Waals surface area contributed by atoms with Gasteiger partial charge in [-0.15, -0.1) is 0 Å². The maximum absolute atomic E-state index is 13.5. The van der Waals surface area contributed by atoms with Gasteiger partial charge in [-0.3, -0.25) is 9.59 Å². The van der Waals surface area contributed by atoms with E-state index in [0.29, 0.717) is 28.4 Å². The van der Waals surface area contributed by atoms with E-state index in [1.807, 2.05) is 0 Å². The predicted molar refractivity (Wildman–Crippen MR) is 150 cm³/mol. The van der Waals surface area contributed by atoms with Crippen LogP contribution < -0.4 is 25.7 Å². The molecule has 0 saturated heterocycles. The number of aromatic nitrogens is 2. The van der Waals surface area contributed by atoms with Crippen molar-refractivity contribution in [1.82, 2.24) is 15.1 Å². The molecule has 41 heavy (non-hydrogen) atoms. The number of ether oxygens (including phenoxy) is 2. The van der Waals surface area contributed by atoms with Gasteiger partial charge < -0.3 is 20.1 Å². The Kier molecular flexibility index (Phi) is 8.00. The molecular weight excluding hydrogens is 530 g/mol. The largest absolute Gasteiger partial charge is 0.497 e. The number of carbonyl (C=O) groups excluding carboxylic acids is 1. The summed E-state index contributed by atoms with van der Waals surface area (Å²) in [5.41, 5.74) is 1.57. The number of nitrogens with zero attached hydrogens (tertiary/aromatic N) is 2. The van der Waals surface area contributed by atoms with Gasteiger partial charge in [-0.25, -0.2) is 8.78 Å². The molecule has 0 fully saturated rings. The highest BCUT2D eigenvalue weighted by molar-refractivity contribution is 5.94. The second-order valence-corrected chi connectivity index (χ2v) is 8.87. The average Bonchev–Trinajstić information content (AvgIpc) is 3.00. The molecule has 206 valence electrons. The smallest absolute Gasteiger partial charge is 0.299 e. The summed E-state index contributed by atoms with van der Waals surface area (Å²) in [7, 11) is 1.55. The van der Waals surface area contributed by atoms with E-state index in [9.17, 15) is 18.4 Å². The van der Waals surface area contributed by atoms with Gasteiger partial charge in [-0.2, -0.15) is 9.78 Å². The summed E-state index contributed by atoms with van der Waals surface area (Å²) >= 11 is 0. The number of hydrogen-bond acceptors (Lipinski definition) is 6. The van der Waals surface area contributed by atoms with Crippen molar-refractivity contribution < 1.29 is 23.0 Å². The van der Waals surface area contributed by atoms with Crippen molar-refractivity contribution in [1.29, 1.82) is 0 Å².